The molecule has 0 bridgehead atoms. The predicted molar refractivity (Wildman–Crippen MR) is 206 cm³/mol. The highest BCUT2D eigenvalue weighted by molar-refractivity contribution is 6.07. The fourth-order valence-electron chi connectivity index (χ4n) is 6.53. The monoisotopic (exact) mass is 876 g/mol. The molecular formula is C42H34F2N2O17. The van der Waals surface area contributed by atoms with Crippen LogP contribution in [0.25, 0.3) is 0 Å². The Kier molecular flexibility index (Phi) is 12.9. The first-order chi connectivity index (χ1) is 29.9. The average molecular weight is 877 g/mol. The maximum Gasteiger partial charge on any atom is 0.340 e. The Morgan fingerprint density at radius 2 is 1.19 bits per heavy atom. The zero-order valence-corrected chi connectivity index (χ0v) is 33.7. The van der Waals surface area contributed by atoms with Gasteiger partial charge in [-0.15, -0.1) is 0 Å². The normalized spacial score (nSPS) is 12.5. The van der Waals surface area contributed by atoms with Crippen molar-refractivity contribution in [1.82, 2.24) is 0 Å². The van der Waals surface area contributed by atoms with Crippen LogP contribution in [0.1, 0.15) is 65.1 Å². The van der Waals surface area contributed by atoms with E-state index in [1.54, 1.807) is 0 Å². The van der Waals surface area contributed by atoms with Crippen molar-refractivity contribution >= 4 is 59.1 Å². The van der Waals surface area contributed by atoms with Gasteiger partial charge in [-0.25, -0.2) is 13.6 Å². The number of fused-ring (bicyclic) bond motifs is 6. The molecule has 2 aliphatic heterocycles. The first kappa shape index (κ1) is 44.5. The molecule has 2 aliphatic rings. The van der Waals surface area contributed by atoms with Gasteiger partial charge in [-0.2, -0.15) is 0 Å². The smallest absolute Gasteiger partial charge is 0.340 e. The number of carbonyl (C=O) groups is 8. The van der Waals surface area contributed by atoms with E-state index in [9.17, 15) is 38.4 Å². The van der Waals surface area contributed by atoms with Crippen molar-refractivity contribution in [1.29, 1.82) is 0 Å². The molecule has 1 amide bonds. The predicted octanol–water partition coefficient (Wildman–Crippen LogP) is 4.58. The van der Waals surface area contributed by atoms with Crippen molar-refractivity contribution in [2.24, 2.45) is 0 Å². The van der Waals surface area contributed by atoms with Gasteiger partial charge in [-0.1, -0.05) is 6.07 Å². The van der Waals surface area contributed by atoms with Crippen LogP contribution in [0, 0.1) is 11.6 Å². The highest BCUT2D eigenvalue weighted by Crippen LogP contribution is 2.58. The number of esters is 7. The number of halogens is 2. The summed E-state index contributed by atoms with van der Waals surface area (Å²) in [5, 5.41) is 2.65. The summed E-state index contributed by atoms with van der Waals surface area (Å²) in [5.41, 5.74) is -2.34. The third kappa shape index (κ3) is 9.61. The molecule has 19 nitrogen and oxygen atoms in total. The zero-order valence-electron chi connectivity index (χ0n) is 33.7. The Balaban J connectivity index is 1.32. The lowest BCUT2D eigenvalue weighted by atomic mass is 9.77. The summed E-state index contributed by atoms with van der Waals surface area (Å²) in [7, 11) is 1.27. The Bertz CT molecular complexity index is 2490. The number of nitrogens with zero attached hydrogens (tertiary/aromatic N) is 1. The third-order valence-electron chi connectivity index (χ3n) is 9.06. The Morgan fingerprint density at radius 3 is 1.68 bits per heavy atom. The van der Waals surface area contributed by atoms with Gasteiger partial charge >= 0.3 is 41.8 Å². The molecule has 21 heteroatoms. The molecule has 0 aromatic heterocycles. The number of anilines is 2. The topological polar surface area (TPSA) is 235 Å². The molecule has 4 aromatic carbocycles. The number of hydrogen-bond acceptors (Lipinski definition) is 18. The maximum absolute atomic E-state index is 15.5. The van der Waals surface area contributed by atoms with Gasteiger partial charge in [0.2, 0.25) is 13.6 Å². The van der Waals surface area contributed by atoms with Gasteiger partial charge in [0, 0.05) is 62.7 Å². The molecule has 0 unspecified atom stereocenters. The fourth-order valence-corrected chi connectivity index (χ4v) is 6.53. The molecule has 6 rings (SSSR count). The molecule has 0 atom stereocenters. The quantitative estimate of drug-likeness (QED) is 0.0790. The van der Waals surface area contributed by atoms with Crippen LogP contribution in [0.4, 0.5) is 20.2 Å². The molecule has 328 valence electrons. The van der Waals surface area contributed by atoms with E-state index < -0.39 is 103 Å². The minimum atomic E-state index is -2.09. The molecule has 0 fully saturated rings. The number of amides is 1. The Morgan fingerprint density at radius 1 is 0.651 bits per heavy atom. The molecule has 1 spiro atoms. The highest BCUT2D eigenvalue weighted by atomic mass is 19.1. The zero-order chi connectivity index (χ0) is 45.7. The second kappa shape index (κ2) is 18.3. The summed E-state index contributed by atoms with van der Waals surface area (Å²) in [5.74, 6) is -10.3. The van der Waals surface area contributed by atoms with E-state index >= 15 is 8.78 Å². The van der Waals surface area contributed by atoms with Gasteiger partial charge in [-0.3, -0.25) is 33.6 Å². The molecule has 0 aliphatic carbocycles. The molecule has 4 aromatic rings. The van der Waals surface area contributed by atoms with Crippen molar-refractivity contribution < 1.29 is 89.8 Å². The largest absolute Gasteiger partial charge is 0.495 e. The van der Waals surface area contributed by atoms with Crippen LogP contribution in [0.5, 0.6) is 28.7 Å². The fraction of sp³-hybridized carbons (Fsp3) is 0.238. The van der Waals surface area contributed by atoms with Crippen molar-refractivity contribution in [2.45, 2.75) is 33.3 Å². The van der Waals surface area contributed by atoms with E-state index in [2.05, 4.69) is 14.8 Å². The molecule has 0 radical (unpaired) electrons. The van der Waals surface area contributed by atoms with Crippen LogP contribution in [-0.4, -0.2) is 81.5 Å². The van der Waals surface area contributed by atoms with Gasteiger partial charge < -0.3 is 52.8 Å². The molecule has 63 heavy (non-hydrogen) atoms. The first-order valence-electron chi connectivity index (χ1n) is 18.3. The number of ether oxygens (including phenoxy) is 9. The number of benzene rings is 4. The maximum atomic E-state index is 15.5. The van der Waals surface area contributed by atoms with Crippen LogP contribution >= 0.6 is 0 Å². The van der Waals surface area contributed by atoms with Crippen LogP contribution in [-0.2, 0) is 58.1 Å². The number of methoxy groups -OCH3 is 1. The third-order valence-corrected chi connectivity index (χ3v) is 9.06. The lowest BCUT2D eigenvalue weighted by Gasteiger charge is -2.36. The minimum Gasteiger partial charge on any atom is -0.495 e. The van der Waals surface area contributed by atoms with Gasteiger partial charge in [-0.05, 0) is 36.4 Å². The lowest BCUT2D eigenvalue weighted by Crippen LogP contribution is -2.37. The summed E-state index contributed by atoms with van der Waals surface area (Å²) in [4.78, 5) is 99.6. The molecule has 1 N–H and O–H groups in total. The van der Waals surface area contributed by atoms with E-state index in [0.717, 1.165) is 52.0 Å². The van der Waals surface area contributed by atoms with Crippen molar-refractivity contribution in [2.75, 3.05) is 44.0 Å². The van der Waals surface area contributed by atoms with Crippen LogP contribution in [0.15, 0.2) is 60.7 Å². The van der Waals surface area contributed by atoms with E-state index in [0.29, 0.717) is 0 Å². The van der Waals surface area contributed by atoms with Gasteiger partial charge in [0.1, 0.15) is 30.3 Å². The second-order valence-electron chi connectivity index (χ2n) is 13.4. The number of hydrogen-bond donors (Lipinski definition) is 1. The van der Waals surface area contributed by atoms with E-state index in [1.807, 2.05) is 0 Å². The first-order valence-corrected chi connectivity index (χ1v) is 18.3. The van der Waals surface area contributed by atoms with Crippen molar-refractivity contribution in [3.63, 3.8) is 0 Å². The van der Waals surface area contributed by atoms with Crippen molar-refractivity contribution in [3.8, 4) is 28.7 Å². The average Bonchev–Trinajstić information content (AvgIpc) is 3.49. The molecular weight excluding hydrogens is 842 g/mol. The summed E-state index contributed by atoms with van der Waals surface area (Å²) < 4.78 is 77.5. The Labute approximate surface area is 354 Å². The molecule has 2 heterocycles. The number of rotatable bonds is 14. The molecule has 0 saturated heterocycles. The lowest BCUT2D eigenvalue weighted by molar-refractivity contribution is -0.165. The SMILES string of the molecule is COc1cc(NC(=O)c2ccc3c(c2)C(=O)OC32c3cc(F)c(OC(C)=O)cc3Oc3cc(OC(C)=O)c(F)cc32)ccc1N(CC(=O)OCOC(C)=O)CC(=O)OCOC(C)=O. The van der Waals surface area contributed by atoms with E-state index in [1.165, 1.54) is 48.4 Å². The minimum absolute atomic E-state index is 0.0258. The number of carbonyl (C=O) groups excluding carboxylic acids is 8. The second-order valence-corrected chi connectivity index (χ2v) is 13.4. The van der Waals surface area contributed by atoms with Gasteiger partial charge in [0.05, 0.1) is 29.5 Å². The van der Waals surface area contributed by atoms with Gasteiger partial charge in [0.25, 0.3) is 5.91 Å². The van der Waals surface area contributed by atoms with Crippen LogP contribution < -0.4 is 29.2 Å². The van der Waals surface area contributed by atoms with Gasteiger partial charge in [0.15, 0.2) is 28.7 Å². The van der Waals surface area contributed by atoms with E-state index in [-0.39, 0.29) is 56.4 Å². The number of nitrogens with one attached hydrogen (secondary N) is 1. The summed E-state index contributed by atoms with van der Waals surface area (Å²) >= 11 is 0. The van der Waals surface area contributed by atoms with Crippen molar-refractivity contribution in [3.05, 3.63) is 100 Å². The summed E-state index contributed by atoms with van der Waals surface area (Å²) in [6.45, 7) is 1.70. The van der Waals surface area contributed by atoms with Crippen LogP contribution in [0.2, 0.25) is 0 Å². The summed E-state index contributed by atoms with van der Waals surface area (Å²) in [6.07, 6.45) is 0. The standard InChI is InChI=1S/C42H34F2N2O17/c1-20(47)56-18-58-38(51)16-46(17-39(52)59-19-57-21(2)48)32-9-7-25(11-37(32)55-5)45-40(53)24-6-8-27-26(10-24)41(54)63-42(27)28-12-30(43)35(60-22(3)49)14-33(28)62-34-15-36(61-23(4)50)31(44)13-29(34)42/h6-15H,16-19H2,1-5H3,(H,45,53). The van der Waals surface area contributed by atoms with E-state index in [4.69, 9.17) is 33.2 Å². The Hall–Kier alpha value is -8.10. The highest BCUT2D eigenvalue weighted by Gasteiger charge is 2.54. The summed E-state index contributed by atoms with van der Waals surface area (Å²) in [6, 6.07) is 11.8. The molecule has 0 saturated carbocycles. The van der Waals surface area contributed by atoms with Crippen LogP contribution in [0.3, 0.4) is 0 Å².